The predicted molar refractivity (Wildman–Crippen MR) is 349 cm³/mol. The predicted octanol–water partition coefficient (Wildman–Crippen LogP) is 25.9. The summed E-state index contributed by atoms with van der Waals surface area (Å²) in [6, 6.07) is 0. The van der Waals surface area contributed by atoms with E-state index in [9.17, 15) is 9.59 Å². The molecule has 0 rings (SSSR count). The molecular weight excluding hydrogens is 945 g/mol. The number of carboxylic acid groups (broad SMARTS) is 2. The zero-order chi connectivity index (χ0) is 57.1. The molecule has 0 aromatic heterocycles. The standard InChI is InChI=1S/2C18H38S.C18H38.2C4H10.2C3H6O2/c2*1-2-3-4-5-6-7-8-9-10-11-12-13-14-15-16-17-18-19;1-3-5-7-9-11-13-15-17-18-16-14-12-10-8-6-4-2;2*1-4(2)3;2*1-2-3(4)5/h2*19H,2-18H2,1H3;3-18H2,1-2H3;2*4H,1-3H3;2*2H2,1H3,(H,4,5). The van der Waals surface area contributed by atoms with Gasteiger partial charge in [-0.3, -0.25) is 9.59 Å². The molecule has 4 nitrogen and oxygen atoms in total. The molecule has 0 heterocycles. The average molecular weight is 1090 g/mol. The van der Waals surface area contributed by atoms with Gasteiger partial charge in [0.25, 0.3) is 0 Å². The number of aliphatic carboxylic acids is 2. The van der Waals surface area contributed by atoms with Gasteiger partial charge in [0.05, 0.1) is 0 Å². The second-order valence-corrected chi connectivity index (χ2v) is 23.9. The van der Waals surface area contributed by atoms with Crippen molar-refractivity contribution in [2.45, 2.75) is 404 Å². The van der Waals surface area contributed by atoms with Crippen molar-refractivity contribution < 1.29 is 19.8 Å². The third-order valence-corrected chi connectivity index (χ3v) is 13.2. The van der Waals surface area contributed by atoms with Gasteiger partial charge < -0.3 is 10.2 Å². The lowest BCUT2D eigenvalue weighted by Gasteiger charge is -2.03. The van der Waals surface area contributed by atoms with Gasteiger partial charge in [0, 0.05) is 12.8 Å². The highest BCUT2D eigenvalue weighted by molar-refractivity contribution is 7.80. The van der Waals surface area contributed by atoms with Crippen molar-refractivity contribution in [2.24, 2.45) is 11.8 Å². The Labute approximate surface area is 481 Å². The van der Waals surface area contributed by atoms with Crippen molar-refractivity contribution in [3.8, 4) is 0 Å². The van der Waals surface area contributed by atoms with E-state index in [4.69, 9.17) is 10.2 Å². The smallest absolute Gasteiger partial charge is 0.303 e. The molecule has 0 aliphatic rings. The van der Waals surface area contributed by atoms with Crippen LogP contribution in [0.15, 0.2) is 0 Å². The summed E-state index contributed by atoms with van der Waals surface area (Å²) in [5.41, 5.74) is 0. The largest absolute Gasteiger partial charge is 0.481 e. The van der Waals surface area contributed by atoms with Gasteiger partial charge in [-0.1, -0.05) is 378 Å². The first-order valence-electron chi connectivity index (χ1n) is 33.4. The number of hydrogen-bond acceptors (Lipinski definition) is 4. The number of unbranched alkanes of at least 4 members (excludes halogenated alkanes) is 45. The van der Waals surface area contributed by atoms with E-state index in [1.165, 1.54) is 308 Å². The van der Waals surface area contributed by atoms with E-state index >= 15 is 0 Å². The minimum absolute atomic E-state index is 0.222. The number of hydrogen-bond donors (Lipinski definition) is 4. The van der Waals surface area contributed by atoms with Gasteiger partial charge in [-0.2, -0.15) is 25.3 Å². The van der Waals surface area contributed by atoms with Crippen molar-refractivity contribution in [1.82, 2.24) is 0 Å². The normalized spacial score (nSPS) is 10.3. The van der Waals surface area contributed by atoms with Crippen molar-refractivity contribution in [2.75, 3.05) is 11.5 Å². The number of carbonyl (C=O) groups is 2. The molecule has 2 N–H and O–H groups in total. The first-order valence-corrected chi connectivity index (χ1v) is 34.7. The van der Waals surface area contributed by atoms with Crippen LogP contribution < -0.4 is 0 Å². The number of rotatable bonds is 49. The molecule has 0 unspecified atom stereocenters. The number of thiol groups is 2. The number of carboxylic acids is 2. The van der Waals surface area contributed by atoms with Crippen LogP contribution in [0.3, 0.4) is 0 Å². The van der Waals surface area contributed by atoms with Crippen molar-refractivity contribution >= 4 is 37.2 Å². The second-order valence-electron chi connectivity index (χ2n) is 23.0. The molecule has 454 valence electrons. The molecule has 0 aromatic rings. The van der Waals surface area contributed by atoms with E-state index in [0.717, 1.165) is 23.3 Å². The molecular formula is C68H146O4S2. The summed E-state index contributed by atoms with van der Waals surface area (Å²) in [6.07, 6.45) is 70.1. The fourth-order valence-corrected chi connectivity index (χ4v) is 8.39. The van der Waals surface area contributed by atoms with E-state index in [2.05, 4.69) is 94.5 Å². The van der Waals surface area contributed by atoms with E-state index in [1.54, 1.807) is 13.8 Å². The third kappa shape index (κ3) is 139. The Hall–Kier alpha value is -0.360. The molecule has 0 atom stereocenters. The van der Waals surface area contributed by atoms with Gasteiger partial charge in [-0.15, -0.1) is 0 Å². The molecule has 0 bridgehead atoms. The first-order chi connectivity index (χ1) is 35.7. The maximum absolute atomic E-state index is 9.37. The van der Waals surface area contributed by atoms with Gasteiger partial charge in [0.1, 0.15) is 0 Å². The minimum Gasteiger partial charge on any atom is -0.481 e. The Kier molecular flexibility index (Phi) is 109. The van der Waals surface area contributed by atoms with Gasteiger partial charge in [0.15, 0.2) is 0 Å². The molecule has 0 aromatic carbocycles. The molecule has 0 saturated heterocycles. The van der Waals surface area contributed by atoms with E-state index in [-0.39, 0.29) is 12.8 Å². The third-order valence-electron chi connectivity index (χ3n) is 12.6. The molecule has 74 heavy (non-hydrogen) atoms. The SMILES string of the molecule is CC(C)C.CC(C)C.CCC(=O)O.CCC(=O)O.CCCCCCCCCCCCCCCCCC.CCCCCCCCCCCCCCCCCCS.CCCCCCCCCCCCCCCCCCS. The van der Waals surface area contributed by atoms with Crippen LogP contribution in [0, 0.1) is 11.8 Å². The van der Waals surface area contributed by atoms with Crippen LogP contribution in [-0.4, -0.2) is 33.7 Å². The summed E-state index contributed by atoms with van der Waals surface area (Å²) in [6.45, 7) is 25.4. The fraction of sp³-hybridized carbons (Fsp3) is 0.971. The molecule has 0 fully saturated rings. The second kappa shape index (κ2) is 92.1. The summed E-state index contributed by atoms with van der Waals surface area (Å²) in [7, 11) is 0. The summed E-state index contributed by atoms with van der Waals surface area (Å²) < 4.78 is 0. The monoisotopic (exact) mass is 1090 g/mol. The molecule has 0 saturated carbocycles. The topological polar surface area (TPSA) is 74.6 Å². The van der Waals surface area contributed by atoms with Crippen LogP contribution in [0.25, 0.3) is 0 Å². The van der Waals surface area contributed by atoms with E-state index < -0.39 is 11.9 Å². The van der Waals surface area contributed by atoms with E-state index in [1.807, 2.05) is 0 Å². The van der Waals surface area contributed by atoms with E-state index in [0.29, 0.717) is 0 Å². The molecule has 0 aliphatic heterocycles. The maximum Gasteiger partial charge on any atom is 0.303 e. The van der Waals surface area contributed by atoms with Crippen molar-refractivity contribution in [3.63, 3.8) is 0 Å². The molecule has 0 amide bonds. The lowest BCUT2D eigenvalue weighted by Crippen LogP contribution is -1.86. The van der Waals surface area contributed by atoms with Crippen LogP contribution in [0.5, 0.6) is 0 Å². The maximum atomic E-state index is 9.37. The first kappa shape index (κ1) is 87.5. The highest BCUT2D eigenvalue weighted by Crippen LogP contribution is 2.17. The molecule has 0 radical (unpaired) electrons. The molecule has 6 heteroatoms. The van der Waals surface area contributed by atoms with Crippen LogP contribution in [0.2, 0.25) is 0 Å². The van der Waals surface area contributed by atoms with Crippen LogP contribution >= 0.6 is 25.3 Å². The fourth-order valence-electron chi connectivity index (χ4n) is 7.94. The quantitative estimate of drug-likeness (QED) is 0.0362. The lowest BCUT2D eigenvalue weighted by atomic mass is 10.0. The van der Waals surface area contributed by atoms with Crippen LogP contribution in [-0.2, 0) is 9.59 Å². The average Bonchev–Trinajstić information content (AvgIpc) is 3.37. The van der Waals surface area contributed by atoms with Gasteiger partial charge >= 0.3 is 11.9 Å². The Morgan fingerprint density at radius 3 is 0.392 bits per heavy atom. The Morgan fingerprint density at radius 1 is 0.243 bits per heavy atom. The van der Waals surface area contributed by atoms with Crippen molar-refractivity contribution in [1.29, 1.82) is 0 Å². The zero-order valence-electron chi connectivity index (χ0n) is 53.5. The summed E-state index contributed by atoms with van der Waals surface area (Å²) in [5.74, 6) is 2.31. The van der Waals surface area contributed by atoms with Crippen LogP contribution in [0.1, 0.15) is 404 Å². The molecule has 0 aliphatic carbocycles. The van der Waals surface area contributed by atoms with Gasteiger partial charge in [-0.25, -0.2) is 0 Å². The van der Waals surface area contributed by atoms with Crippen molar-refractivity contribution in [3.05, 3.63) is 0 Å². The highest BCUT2D eigenvalue weighted by atomic mass is 32.1. The summed E-state index contributed by atoms with van der Waals surface area (Å²) in [5, 5.41) is 15.4. The highest BCUT2D eigenvalue weighted by Gasteiger charge is 1.97. The summed E-state index contributed by atoms with van der Waals surface area (Å²) >= 11 is 8.49. The lowest BCUT2D eigenvalue weighted by molar-refractivity contribution is -0.137. The minimum atomic E-state index is -0.745. The van der Waals surface area contributed by atoms with Crippen LogP contribution in [0.4, 0.5) is 0 Å². The molecule has 0 spiro atoms. The Balaban J connectivity index is -0.000000155. The zero-order valence-corrected chi connectivity index (χ0v) is 55.3. The van der Waals surface area contributed by atoms with Gasteiger partial charge in [0.2, 0.25) is 0 Å². The Morgan fingerprint density at radius 2 is 0.324 bits per heavy atom. The van der Waals surface area contributed by atoms with Gasteiger partial charge in [-0.05, 0) is 36.2 Å². The Bertz CT molecular complexity index is 774. The summed E-state index contributed by atoms with van der Waals surface area (Å²) in [4.78, 5) is 18.7.